The van der Waals surface area contributed by atoms with Crippen LogP contribution in [-0.4, -0.2) is 16.1 Å². The highest BCUT2D eigenvalue weighted by atomic mass is 32.1. The van der Waals surface area contributed by atoms with Gasteiger partial charge in [-0.15, -0.1) is 22.7 Å². The van der Waals surface area contributed by atoms with Crippen LogP contribution in [0.25, 0.3) is 31.3 Å². The fraction of sp³-hybridized carbons (Fsp3) is 0. The van der Waals surface area contributed by atoms with E-state index in [4.69, 9.17) is 9.52 Å². The maximum atomic E-state index is 11.2. The van der Waals surface area contributed by atoms with Gasteiger partial charge in [-0.05, 0) is 29.6 Å². The quantitative estimate of drug-likeness (QED) is 0.593. The zero-order chi connectivity index (χ0) is 13.7. The number of hydrogen-bond donors (Lipinski definition) is 1. The van der Waals surface area contributed by atoms with Gasteiger partial charge < -0.3 is 9.52 Å². The van der Waals surface area contributed by atoms with Crippen LogP contribution in [0, 0.1) is 0 Å². The van der Waals surface area contributed by atoms with Crippen LogP contribution < -0.4 is 0 Å². The summed E-state index contributed by atoms with van der Waals surface area (Å²) in [4.78, 5) is 16.4. The van der Waals surface area contributed by atoms with E-state index < -0.39 is 5.97 Å². The Hall–Kier alpha value is -2.18. The second-order valence-corrected chi connectivity index (χ2v) is 6.27. The Labute approximate surface area is 120 Å². The summed E-state index contributed by atoms with van der Waals surface area (Å²) in [6.45, 7) is 0. The number of rotatable bonds is 2. The van der Waals surface area contributed by atoms with E-state index in [0.717, 1.165) is 4.88 Å². The lowest BCUT2D eigenvalue weighted by atomic mass is 10.2. The average molecular weight is 301 g/mol. The van der Waals surface area contributed by atoms with Crippen molar-refractivity contribution in [2.24, 2.45) is 0 Å². The van der Waals surface area contributed by atoms with Gasteiger partial charge in [0.1, 0.15) is 5.52 Å². The summed E-state index contributed by atoms with van der Waals surface area (Å²) in [5.41, 5.74) is 1.05. The Morgan fingerprint density at radius 1 is 1.25 bits per heavy atom. The summed E-state index contributed by atoms with van der Waals surface area (Å²) in [6.07, 6.45) is 0. The molecule has 0 aliphatic rings. The molecule has 6 heteroatoms. The topological polar surface area (TPSA) is 63.3 Å². The third-order valence-corrected chi connectivity index (χ3v) is 5.08. The number of carboxylic acids is 1. The molecule has 0 amide bonds. The molecule has 4 rings (SSSR count). The fourth-order valence-corrected chi connectivity index (χ4v) is 4.13. The van der Waals surface area contributed by atoms with Gasteiger partial charge in [-0.3, -0.25) is 0 Å². The van der Waals surface area contributed by atoms with E-state index in [2.05, 4.69) is 11.1 Å². The molecule has 20 heavy (non-hydrogen) atoms. The summed E-state index contributed by atoms with van der Waals surface area (Å²) in [5.74, 6) is -0.523. The van der Waals surface area contributed by atoms with Crippen LogP contribution in [0.4, 0.5) is 0 Å². The number of oxazole rings is 1. The lowest BCUT2D eigenvalue weighted by Crippen LogP contribution is -1.96. The van der Waals surface area contributed by atoms with Crippen molar-refractivity contribution in [2.45, 2.75) is 0 Å². The van der Waals surface area contributed by atoms with Crippen LogP contribution in [0.2, 0.25) is 0 Å². The lowest BCUT2D eigenvalue weighted by Gasteiger charge is -1.92. The zero-order valence-electron chi connectivity index (χ0n) is 9.99. The predicted octanol–water partition coefficient (Wildman–Crippen LogP) is 4.47. The molecule has 0 saturated carbocycles. The maximum absolute atomic E-state index is 11.2. The number of thiophene rings is 2. The molecule has 1 N–H and O–H groups in total. The molecule has 0 aliphatic heterocycles. The smallest absolute Gasteiger partial charge is 0.338 e. The average Bonchev–Trinajstić information content (AvgIpc) is 3.10. The van der Waals surface area contributed by atoms with E-state index in [1.807, 2.05) is 11.4 Å². The van der Waals surface area contributed by atoms with Crippen molar-refractivity contribution in [3.63, 3.8) is 0 Å². The fourth-order valence-electron chi connectivity index (χ4n) is 2.10. The highest BCUT2D eigenvalue weighted by molar-refractivity contribution is 7.28. The van der Waals surface area contributed by atoms with Crippen molar-refractivity contribution >= 4 is 49.1 Å². The number of aromatic carboxylic acids is 1. The van der Waals surface area contributed by atoms with Gasteiger partial charge >= 0.3 is 5.97 Å². The van der Waals surface area contributed by atoms with E-state index >= 15 is 0 Å². The van der Waals surface area contributed by atoms with Crippen LogP contribution in [-0.2, 0) is 0 Å². The largest absolute Gasteiger partial charge is 0.478 e. The Balaban J connectivity index is 1.94. The molecule has 4 nitrogen and oxygen atoms in total. The van der Waals surface area contributed by atoms with E-state index in [1.165, 1.54) is 15.5 Å². The normalized spacial score (nSPS) is 11.4. The first kappa shape index (κ1) is 11.6. The SMILES string of the molecule is O=C(O)c1cccc2oc(-c3cc4sccc4s3)nc12. The highest BCUT2D eigenvalue weighted by Gasteiger charge is 2.16. The number of aromatic nitrogens is 1. The molecule has 0 spiro atoms. The molecule has 0 radical (unpaired) electrons. The summed E-state index contributed by atoms with van der Waals surface area (Å²) in [7, 11) is 0. The van der Waals surface area contributed by atoms with Crippen LogP contribution in [0.15, 0.2) is 40.1 Å². The molecule has 0 fully saturated rings. The molecule has 1 aromatic carbocycles. The summed E-state index contributed by atoms with van der Waals surface area (Å²) in [6, 6.07) is 9.00. The second-order valence-electron chi connectivity index (χ2n) is 4.24. The van der Waals surface area contributed by atoms with Crippen LogP contribution in [0.1, 0.15) is 10.4 Å². The third kappa shape index (κ3) is 1.65. The molecule has 3 heterocycles. The summed E-state index contributed by atoms with van der Waals surface area (Å²) in [5, 5.41) is 11.2. The minimum absolute atomic E-state index is 0.163. The number of benzene rings is 1. The van der Waals surface area contributed by atoms with Crippen molar-refractivity contribution < 1.29 is 14.3 Å². The number of carbonyl (C=O) groups is 1. The van der Waals surface area contributed by atoms with Crippen LogP contribution in [0.3, 0.4) is 0 Å². The van der Waals surface area contributed by atoms with Gasteiger partial charge in [0.25, 0.3) is 0 Å². The highest BCUT2D eigenvalue weighted by Crippen LogP contribution is 2.37. The first-order chi connectivity index (χ1) is 9.72. The standard InChI is InChI=1S/C14H7NO3S2/c16-14(17)7-2-1-3-8-12(7)15-13(18-8)11-6-10-9(20-11)4-5-19-10/h1-6H,(H,16,17). The molecular formula is C14H7NO3S2. The van der Waals surface area contributed by atoms with Crippen molar-refractivity contribution in [1.82, 2.24) is 4.98 Å². The minimum atomic E-state index is -0.998. The molecule has 0 aliphatic carbocycles. The predicted molar refractivity (Wildman–Crippen MR) is 79.7 cm³/mol. The van der Waals surface area contributed by atoms with Crippen molar-refractivity contribution in [3.05, 3.63) is 41.3 Å². The van der Waals surface area contributed by atoms with Crippen molar-refractivity contribution in [3.8, 4) is 10.8 Å². The van der Waals surface area contributed by atoms with Gasteiger partial charge in [-0.25, -0.2) is 9.78 Å². The van der Waals surface area contributed by atoms with E-state index in [9.17, 15) is 4.79 Å². The monoisotopic (exact) mass is 301 g/mol. The number of fused-ring (bicyclic) bond motifs is 2. The summed E-state index contributed by atoms with van der Waals surface area (Å²) < 4.78 is 8.06. The Morgan fingerprint density at radius 2 is 2.15 bits per heavy atom. The van der Waals surface area contributed by atoms with Crippen LogP contribution >= 0.6 is 22.7 Å². The number of carboxylic acid groups (broad SMARTS) is 1. The third-order valence-electron chi connectivity index (χ3n) is 3.00. The van der Waals surface area contributed by atoms with E-state index in [1.54, 1.807) is 34.8 Å². The van der Waals surface area contributed by atoms with Crippen molar-refractivity contribution in [1.29, 1.82) is 0 Å². The maximum Gasteiger partial charge on any atom is 0.338 e. The molecular weight excluding hydrogens is 294 g/mol. The van der Waals surface area contributed by atoms with Gasteiger partial charge in [-0.1, -0.05) is 6.07 Å². The molecule has 0 atom stereocenters. The van der Waals surface area contributed by atoms with Gasteiger partial charge in [0.15, 0.2) is 5.58 Å². The first-order valence-electron chi connectivity index (χ1n) is 5.82. The molecule has 4 aromatic rings. The number of nitrogens with zero attached hydrogens (tertiary/aromatic N) is 1. The molecule has 0 saturated heterocycles. The van der Waals surface area contributed by atoms with Crippen molar-refractivity contribution in [2.75, 3.05) is 0 Å². The molecule has 98 valence electrons. The number of hydrogen-bond acceptors (Lipinski definition) is 5. The molecule has 0 unspecified atom stereocenters. The number of para-hydroxylation sites is 1. The lowest BCUT2D eigenvalue weighted by molar-refractivity contribution is 0.0699. The molecule has 0 bridgehead atoms. The van der Waals surface area contributed by atoms with Crippen LogP contribution in [0.5, 0.6) is 0 Å². The van der Waals surface area contributed by atoms with Gasteiger partial charge in [-0.2, -0.15) is 0 Å². The van der Waals surface area contributed by atoms with Gasteiger partial charge in [0, 0.05) is 9.40 Å². The first-order valence-corrected chi connectivity index (χ1v) is 7.52. The zero-order valence-corrected chi connectivity index (χ0v) is 11.6. The van der Waals surface area contributed by atoms with E-state index in [-0.39, 0.29) is 5.56 Å². The van der Waals surface area contributed by atoms with Gasteiger partial charge in [0.05, 0.1) is 10.4 Å². The Morgan fingerprint density at radius 3 is 2.95 bits per heavy atom. The van der Waals surface area contributed by atoms with E-state index in [0.29, 0.717) is 17.0 Å². The Kier molecular flexibility index (Phi) is 2.42. The minimum Gasteiger partial charge on any atom is -0.478 e. The van der Waals surface area contributed by atoms with Gasteiger partial charge in [0.2, 0.25) is 5.89 Å². The second kappa shape index (κ2) is 4.16. The summed E-state index contributed by atoms with van der Waals surface area (Å²) >= 11 is 3.26. The molecule has 3 aromatic heterocycles. The Bertz CT molecular complexity index is 919.